The minimum absolute atomic E-state index is 0.268. The molecule has 0 radical (unpaired) electrons. The van der Waals surface area contributed by atoms with Crippen molar-refractivity contribution in [3.63, 3.8) is 0 Å². The molecule has 6 heteroatoms. The maximum absolute atomic E-state index is 13.5. The molecule has 1 N–H and O–H groups in total. The Balaban J connectivity index is 1.68. The summed E-state index contributed by atoms with van der Waals surface area (Å²) in [5, 5.41) is 6.67. The number of nitrogens with zero attached hydrogens (tertiary/aromatic N) is 1. The van der Waals surface area contributed by atoms with Crippen molar-refractivity contribution < 1.29 is 18.4 Å². The largest absolute Gasteiger partial charge is 0.387 e. The van der Waals surface area contributed by atoms with E-state index in [1.165, 1.54) is 6.07 Å². The van der Waals surface area contributed by atoms with Gasteiger partial charge in [0.1, 0.15) is 5.71 Å². The Morgan fingerprint density at radius 1 is 1.16 bits per heavy atom. The molecular weight excluding hydrogens is 326 g/mol. The van der Waals surface area contributed by atoms with Gasteiger partial charge in [0, 0.05) is 6.42 Å². The molecule has 25 heavy (non-hydrogen) atoms. The zero-order chi connectivity index (χ0) is 18.0. The van der Waals surface area contributed by atoms with Crippen LogP contribution in [0.1, 0.15) is 37.5 Å². The van der Waals surface area contributed by atoms with Gasteiger partial charge in [-0.1, -0.05) is 41.6 Å². The Morgan fingerprint density at radius 2 is 1.88 bits per heavy atom. The van der Waals surface area contributed by atoms with Gasteiger partial charge in [0.25, 0.3) is 5.91 Å². The Morgan fingerprint density at radius 3 is 2.56 bits per heavy atom. The number of oxime groups is 1. The predicted molar refractivity (Wildman–Crippen MR) is 89.8 cm³/mol. The number of amides is 1. The van der Waals surface area contributed by atoms with E-state index in [0.717, 1.165) is 17.7 Å². The Bertz CT molecular complexity index is 819. The fraction of sp³-hybridized carbons (Fsp3) is 0.263. The maximum Gasteiger partial charge on any atom is 0.269 e. The molecule has 1 heterocycles. The summed E-state index contributed by atoms with van der Waals surface area (Å²) < 4.78 is 26.6. The van der Waals surface area contributed by atoms with Crippen LogP contribution in [0.3, 0.4) is 0 Å². The lowest BCUT2D eigenvalue weighted by molar-refractivity contribution is -0.116. The zero-order valence-corrected chi connectivity index (χ0v) is 13.9. The van der Waals surface area contributed by atoms with Crippen LogP contribution in [0.15, 0.2) is 53.7 Å². The van der Waals surface area contributed by atoms with Crippen molar-refractivity contribution in [2.24, 2.45) is 5.16 Å². The van der Waals surface area contributed by atoms with Crippen molar-refractivity contribution >= 4 is 11.6 Å². The first kappa shape index (κ1) is 17.1. The van der Waals surface area contributed by atoms with E-state index in [-0.39, 0.29) is 11.8 Å². The highest BCUT2D eigenvalue weighted by Gasteiger charge is 2.31. The van der Waals surface area contributed by atoms with Gasteiger partial charge in [-0.15, -0.1) is 0 Å². The average Bonchev–Trinajstić information content (AvgIpc) is 3.08. The second-order valence-electron chi connectivity index (χ2n) is 6.45. The van der Waals surface area contributed by atoms with Crippen LogP contribution in [0.4, 0.5) is 8.78 Å². The van der Waals surface area contributed by atoms with Crippen LogP contribution in [0.5, 0.6) is 0 Å². The van der Waals surface area contributed by atoms with Gasteiger partial charge in [0.05, 0.1) is 5.54 Å². The lowest BCUT2D eigenvalue weighted by atomic mass is 9.93. The van der Waals surface area contributed by atoms with Crippen molar-refractivity contribution in [1.29, 1.82) is 0 Å². The molecule has 2 aromatic rings. The Kier molecular flexibility index (Phi) is 4.53. The summed E-state index contributed by atoms with van der Waals surface area (Å²) in [4.78, 5) is 17.8. The van der Waals surface area contributed by atoms with E-state index in [4.69, 9.17) is 4.84 Å². The van der Waals surface area contributed by atoms with Gasteiger partial charge in [0.15, 0.2) is 17.7 Å². The van der Waals surface area contributed by atoms with E-state index >= 15 is 0 Å². The molecule has 2 aromatic carbocycles. The van der Waals surface area contributed by atoms with Crippen molar-refractivity contribution in [3.05, 3.63) is 71.3 Å². The van der Waals surface area contributed by atoms with Crippen molar-refractivity contribution in [2.75, 3.05) is 0 Å². The van der Waals surface area contributed by atoms with Gasteiger partial charge >= 0.3 is 0 Å². The van der Waals surface area contributed by atoms with Gasteiger partial charge in [-0.2, -0.15) is 0 Å². The number of rotatable bonds is 4. The normalized spacial score (nSPS) is 17.0. The summed E-state index contributed by atoms with van der Waals surface area (Å²) in [6.07, 6.45) is 0.0531. The Labute approximate surface area is 144 Å². The van der Waals surface area contributed by atoms with E-state index in [0.29, 0.717) is 12.0 Å². The minimum Gasteiger partial charge on any atom is -0.387 e. The zero-order valence-electron chi connectivity index (χ0n) is 13.9. The van der Waals surface area contributed by atoms with Gasteiger partial charge in [-0.05, 0) is 37.1 Å². The van der Waals surface area contributed by atoms with E-state index < -0.39 is 23.1 Å². The quantitative estimate of drug-likeness (QED) is 0.916. The molecule has 1 unspecified atom stereocenters. The van der Waals surface area contributed by atoms with Crippen LogP contribution >= 0.6 is 0 Å². The van der Waals surface area contributed by atoms with E-state index in [1.54, 1.807) is 13.8 Å². The maximum atomic E-state index is 13.5. The van der Waals surface area contributed by atoms with Crippen LogP contribution in [0.2, 0.25) is 0 Å². The highest BCUT2D eigenvalue weighted by Crippen LogP contribution is 2.28. The summed E-state index contributed by atoms with van der Waals surface area (Å²) >= 11 is 0. The monoisotopic (exact) mass is 344 g/mol. The minimum atomic E-state index is -0.953. The summed E-state index contributed by atoms with van der Waals surface area (Å²) in [6.45, 7) is 3.42. The van der Waals surface area contributed by atoms with E-state index in [2.05, 4.69) is 10.5 Å². The molecule has 0 fully saturated rings. The number of carbonyl (C=O) groups excluding carboxylic acids is 1. The molecule has 130 valence electrons. The first-order chi connectivity index (χ1) is 11.9. The SMILES string of the molecule is CC(C)(NC(=O)C1=NOC(c2ccccc2)C1)c1ccc(F)c(F)c1. The van der Waals surface area contributed by atoms with Gasteiger partial charge in [0.2, 0.25) is 0 Å². The number of benzene rings is 2. The first-order valence-electron chi connectivity index (χ1n) is 7.92. The van der Waals surface area contributed by atoms with Crippen LogP contribution in [-0.2, 0) is 15.2 Å². The van der Waals surface area contributed by atoms with E-state index in [9.17, 15) is 13.6 Å². The number of hydrogen-bond donors (Lipinski definition) is 1. The third-order valence-corrected chi connectivity index (χ3v) is 4.17. The van der Waals surface area contributed by atoms with Gasteiger partial charge in [-0.3, -0.25) is 4.79 Å². The summed E-state index contributed by atoms with van der Waals surface area (Å²) in [6, 6.07) is 13.1. The second-order valence-corrected chi connectivity index (χ2v) is 6.45. The standard InChI is InChI=1S/C19H18F2N2O2/c1-19(2,13-8-9-14(20)15(21)10-13)22-18(24)16-11-17(25-23-16)12-6-4-3-5-7-12/h3-10,17H,11H2,1-2H3,(H,22,24). The molecule has 3 rings (SSSR count). The molecule has 0 aromatic heterocycles. The molecule has 0 saturated heterocycles. The summed E-state index contributed by atoms with van der Waals surface area (Å²) in [5.74, 6) is -2.27. The molecule has 1 amide bonds. The molecule has 1 atom stereocenters. The molecule has 0 bridgehead atoms. The van der Waals surface area contributed by atoms with Gasteiger partial charge < -0.3 is 10.2 Å². The molecule has 0 saturated carbocycles. The summed E-state index contributed by atoms with van der Waals surface area (Å²) in [5.41, 5.74) is 0.774. The van der Waals surface area contributed by atoms with Crippen LogP contribution in [0, 0.1) is 11.6 Å². The highest BCUT2D eigenvalue weighted by molar-refractivity contribution is 6.39. The highest BCUT2D eigenvalue weighted by atomic mass is 19.2. The van der Waals surface area contributed by atoms with Crippen molar-refractivity contribution in [2.45, 2.75) is 31.9 Å². The number of carbonyl (C=O) groups is 1. The second kappa shape index (κ2) is 6.63. The topological polar surface area (TPSA) is 50.7 Å². The van der Waals surface area contributed by atoms with E-state index in [1.807, 2.05) is 30.3 Å². The molecular formula is C19H18F2N2O2. The first-order valence-corrected chi connectivity index (χ1v) is 7.92. The number of halogens is 2. The van der Waals surface area contributed by atoms with Crippen molar-refractivity contribution in [1.82, 2.24) is 5.32 Å². The average molecular weight is 344 g/mol. The molecule has 4 nitrogen and oxygen atoms in total. The molecule has 0 aliphatic carbocycles. The molecule has 1 aliphatic rings. The third-order valence-electron chi connectivity index (χ3n) is 4.17. The summed E-state index contributed by atoms with van der Waals surface area (Å²) in [7, 11) is 0. The van der Waals surface area contributed by atoms with Crippen LogP contribution in [0.25, 0.3) is 0 Å². The fourth-order valence-electron chi connectivity index (χ4n) is 2.67. The number of hydrogen-bond acceptors (Lipinski definition) is 3. The van der Waals surface area contributed by atoms with Crippen molar-refractivity contribution in [3.8, 4) is 0 Å². The number of nitrogens with one attached hydrogen (secondary N) is 1. The molecule has 1 aliphatic heterocycles. The molecule has 0 spiro atoms. The van der Waals surface area contributed by atoms with Crippen LogP contribution in [-0.4, -0.2) is 11.6 Å². The smallest absolute Gasteiger partial charge is 0.269 e. The fourth-order valence-corrected chi connectivity index (χ4v) is 2.67. The lowest BCUT2D eigenvalue weighted by Crippen LogP contribution is -2.44. The Hall–Kier alpha value is -2.76. The third kappa shape index (κ3) is 3.68. The van der Waals surface area contributed by atoms with Crippen LogP contribution < -0.4 is 5.32 Å². The van der Waals surface area contributed by atoms with Gasteiger partial charge in [-0.25, -0.2) is 8.78 Å². The predicted octanol–water partition coefficient (Wildman–Crippen LogP) is 3.83. The lowest BCUT2D eigenvalue weighted by Gasteiger charge is -2.26.